The summed E-state index contributed by atoms with van der Waals surface area (Å²) in [6.45, 7) is 4.62. The van der Waals surface area contributed by atoms with Gasteiger partial charge in [0.1, 0.15) is 21.0 Å². The quantitative estimate of drug-likeness (QED) is 0.201. The van der Waals surface area contributed by atoms with Crippen LogP contribution in [-0.2, 0) is 4.10 Å². The zero-order chi connectivity index (χ0) is 24.0. The van der Waals surface area contributed by atoms with Crippen LogP contribution in [0.15, 0.2) is 59.7 Å². The zero-order valence-corrected chi connectivity index (χ0v) is 20.7. The molecule has 34 heavy (non-hydrogen) atoms. The molecule has 0 atom stereocenters. The molecule has 0 spiro atoms. The van der Waals surface area contributed by atoms with Crippen molar-refractivity contribution in [3.63, 3.8) is 0 Å². The lowest BCUT2D eigenvalue weighted by Gasteiger charge is -2.16. The smallest absolute Gasteiger partial charge is 0.281 e. The molecule has 0 fully saturated rings. The molecule has 4 heterocycles. The van der Waals surface area contributed by atoms with Crippen LogP contribution in [0.2, 0.25) is 0 Å². The summed E-state index contributed by atoms with van der Waals surface area (Å²) < 4.78 is 2.32. The highest BCUT2D eigenvalue weighted by atomic mass is 32.2. The van der Waals surface area contributed by atoms with Gasteiger partial charge >= 0.3 is 0 Å². The van der Waals surface area contributed by atoms with Gasteiger partial charge in [-0.05, 0) is 50.2 Å². The Hall–Kier alpha value is -3.31. The summed E-state index contributed by atoms with van der Waals surface area (Å²) in [5, 5.41) is 13.2. The molecular formula is C23H22BN7OS2. The van der Waals surface area contributed by atoms with E-state index in [2.05, 4.69) is 45.8 Å². The predicted molar refractivity (Wildman–Crippen MR) is 145 cm³/mol. The van der Waals surface area contributed by atoms with Crippen LogP contribution in [0.1, 0.15) is 12.6 Å². The number of aryl methyl sites for hydroxylation is 1. The second-order valence-corrected chi connectivity index (χ2v) is 10.3. The normalized spacial score (nSPS) is 11.9. The minimum atomic E-state index is -0.751. The van der Waals surface area contributed by atoms with Crippen LogP contribution in [0.5, 0.6) is 0 Å². The van der Waals surface area contributed by atoms with Crippen molar-refractivity contribution in [1.29, 1.82) is 0 Å². The Bertz CT molecular complexity index is 1590. The van der Waals surface area contributed by atoms with E-state index in [0.717, 1.165) is 23.1 Å². The van der Waals surface area contributed by atoms with Gasteiger partial charge in [0.15, 0.2) is 7.85 Å². The number of hydrogen-bond acceptors (Lipinski definition) is 8. The fourth-order valence-electron chi connectivity index (χ4n) is 3.77. The maximum atomic E-state index is 13.8. The van der Waals surface area contributed by atoms with Gasteiger partial charge in [0.2, 0.25) is 0 Å². The Balaban J connectivity index is 1.76. The van der Waals surface area contributed by atoms with Gasteiger partial charge in [0.25, 0.3) is 5.56 Å². The van der Waals surface area contributed by atoms with Crippen LogP contribution in [0, 0.1) is 6.92 Å². The molecule has 1 N–H and O–H groups in total. The van der Waals surface area contributed by atoms with Crippen molar-refractivity contribution in [2.24, 2.45) is 0 Å². The summed E-state index contributed by atoms with van der Waals surface area (Å²) in [5.74, 6) is 0.686. The van der Waals surface area contributed by atoms with Gasteiger partial charge < -0.3 is 5.32 Å². The largest absolute Gasteiger partial charge is 0.370 e. The van der Waals surface area contributed by atoms with E-state index in [-0.39, 0.29) is 5.56 Å². The zero-order valence-electron chi connectivity index (χ0n) is 18.9. The number of pyridine rings is 2. The van der Waals surface area contributed by atoms with Gasteiger partial charge in [0.05, 0.1) is 16.8 Å². The number of anilines is 1. The average molecular weight is 487 g/mol. The number of hydrogen-bond donors (Lipinski definition) is 3. The van der Waals surface area contributed by atoms with Crippen LogP contribution in [0.4, 0.5) is 5.82 Å². The van der Waals surface area contributed by atoms with Crippen molar-refractivity contribution in [3.05, 3.63) is 70.9 Å². The molecule has 1 aromatic carbocycles. The summed E-state index contributed by atoms with van der Waals surface area (Å²) >= 11 is 8.94. The van der Waals surface area contributed by atoms with E-state index >= 15 is 0 Å². The van der Waals surface area contributed by atoms with Gasteiger partial charge in [-0.15, -0.1) is 25.3 Å². The average Bonchev–Trinajstić information content (AvgIpc) is 3.24. The van der Waals surface area contributed by atoms with Crippen LogP contribution in [0.25, 0.3) is 38.8 Å². The van der Waals surface area contributed by atoms with Gasteiger partial charge in [-0.3, -0.25) is 14.5 Å². The van der Waals surface area contributed by atoms with E-state index in [4.69, 9.17) is 4.98 Å². The summed E-state index contributed by atoms with van der Waals surface area (Å²) in [6.07, 6.45) is 3.55. The molecule has 8 nitrogen and oxygen atoms in total. The van der Waals surface area contributed by atoms with Gasteiger partial charge in [-0.1, -0.05) is 6.07 Å². The number of nitrogens with one attached hydrogen (secondary N) is 1. The van der Waals surface area contributed by atoms with E-state index in [0.29, 0.717) is 33.7 Å². The number of benzene rings is 1. The van der Waals surface area contributed by atoms with E-state index in [9.17, 15) is 4.79 Å². The monoisotopic (exact) mass is 487 g/mol. The summed E-state index contributed by atoms with van der Waals surface area (Å²) in [4.78, 5) is 22.9. The lowest BCUT2D eigenvalue weighted by Crippen LogP contribution is -2.23. The highest BCUT2D eigenvalue weighted by Crippen LogP contribution is 2.27. The molecule has 0 saturated heterocycles. The Kier molecular flexibility index (Phi) is 5.61. The van der Waals surface area contributed by atoms with Crippen LogP contribution < -0.4 is 10.9 Å². The van der Waals surface area contributed by atoms with Crippen LogP contribution in [-0.4, -0.2) is 43.9 Å². The van der Waals surface area contributed by atoms with Crippen molar-refractivity contribution in [3.8, 4) is 16.8 Å². The van der Waals surface area contributed by atoms with Gasteiger partial charge in [0, 0.05) is 35.6 Å². The topological polar surface area (TPSA) is 90.5 Å². The molecule has 0 amide bonds. The highest BCUT2D eigenvalue weighted by molar-refractivity contribution is 8.01. The standard InChI is InChI=1S/C23H22BN7OS2/c1-3-25-19-9-8-18-21(27-19)20(14-5-4-13(2)26-11-14)22(32)31(29-18)16-6-7-17-15(10-16)12-30(28-17)23(24,33)34/h4-12,33-34H,3,24H2,1-2H3,(H,25,27). The first-order valence-electron chi connectivity index (χ1n) is 10.8. The molecule has 0 radical (unpaired) electrons. The van der Waals surface area contributed by atoms with Crippen LogP contribution in [0.3, 0.4) is 0 Å². The number of thiol groups is 2. The highest BCUT2D eigenvalue weighted by Gasteiger charge is 2.19. The lowest BCUT2D eigenvalue weighted by atomic mass is 10.1. The van der Waals surface area contributed by atoms with Crippen molar-refractivity contribution in [2.75, 3.05) is 11.9 Å². The Morgan fingerprint density at radius 1 is 1.09 bits per heavy atom. The molecule has 0 aliphatic heterocycles. The minimum Gasteiger partial charge on any atom is -0.370 e. The molecule has 0 aliphatic carbocycles. The third-order valence-electron chi connectivity index (χ3n) is 5.45. The Morgan fingerprint density at radius 2 is 1.88 bits per heavy atom. The number of aromatic nitrogens is 6. The summed E-state index contributed by atoms with van der Waals surface area (Å²) in [5.41, 5.74) is 4.25. The van der Waals surface area contributed by atoms with E-state index in [1.54, 1.807) is 10.9 Å². The van der Waals surface area contributed by atoms with E-state index in [1.807, 2.05) is 70.4 Å². The van der Waals surface area contributed by atoms with E-state index < -0.39 is 4.10 Å². The van der Waals surface area contributed by atoms with Gasteiger partial charge in [-0.2, -0.15) is 14.9 Å². The first kappa shape index (κ1) is 22.5. The second kappa shape index (κ2) is 8.48. The number of fused-ring (bicyclic) bond motifs is 2. The van der Waals surface area contributed by atoms with Crippen molar-refractivity contribution >= 4 is 60.9 Å². The third-order valence-corrected chi connectivity index (χ3v) is 5.86. The Labute approximate surface area is 207 Å². The molecule has 0 aliphatic rings. The first-order valence-corrected chi connectivity index (χ1v) is 11.7. The molecule has 170 valence electrons. The third kappa shape index (κ3) is 4.05. The fourth-order valence-corrected chi connectivity index (χ4v) is 3.97. The van der Waals surface area contributed by atoms with E-state index in [1.165, 1.54) is 4.68 Å². The summed E-state index contributed by atoms with van der Waals surface area (Å²) in [7, 11) is 1.83. The lowest BCUT2D eigenvalue weighted by molar-refractivity contribution is 0.707. The number of rotatable bonds is 5. The first-order chi connectivity index (χ1) is 16.2. The number of nitrogens with zero attached hydrogens (tertiary/aromatic N) is 6. The molecular weight excluding hydrogens is 465 g/mol. The second-order valence-electron chi connectivity index (χ2n) is 8.16. The fraction of sp³-hybridized carbons (Fsp3) is 0.174. The predicted octanol–water partition coefficient (Wildman–Crippen LogP) is 2.99. The maximum Gasteiger partial charge on any atom is 0.281 e. The SMILES string of the molecule is BC(S)(S)n1cc2cc(-n3nc4ccc(NCC)nc4c(-c4ccc(C)nc4)c3=O)ccc2n1. The minimum absolute atomic E-state index is 0.278. The molecule has 11 heteroatoms. The van der Waals surface area contributed by atoms with Crippen molar-refractivity contribution in [1.82, 2.24) is 29.5 Å². The Morgan fingerprint density at radius 3 is 2.59 bits per heavy atom. The van der Waals surface area contributed by atoms with Gasteiger partial charge in [-0.25, -0.2) is 4.98 Å². The summed E-state index contributed by atoms with van der Waals surface area (Å²) in [6, 6.07) is 13.1. The molecule has 0 bridgehead atoms. The molecule has 0 saturated carbocycles. The van der Waals surface area contributed by atoms with Crippen LogP contribution >= 0.6 is 25.3 Å². The maximum absolute atomic E-state index is 13.8. The molecule has 5 rings (SSSR count). The van der Waals surface area contributed by atoms with Crippen molar-refractivity contribution in [2.45, 2.75) is 17.9 Å². The molecule has 0 unspecified atom stereocenters. The molecule has 5 aromatic rings. The molecule has 4 aromatic heterocycles. The van der Waals surface area contributed by atoms with Crippen molar-refractivity contribution < 1.29 is 0 Å².